The number of hydrogen-bond acceptors (Lipinski definition) is 6. The van der Waals surface area contributed by atoms with Crippen LogP contribution in [0.1, 0.15) is 75.2 Å². The summed E-state index contributed by atoms with van der Waals surface area (Å²) in [5, 5.41) is 0. The zero-order valence-corrected chi connectivity index (χ0v) is 24.9. The lowest BCUT2D eigenvalue weighted by atomic mass is 9.83. The molecule has 0 saturated carbocycles. The predicted molar refractivity (Wildman–Crippen MR) is 154 cm³/mol. The van der Waals surface area contributed by atoms with Crippen LogP contribution in [0.5, 0.6) is 11.5 Å². The van der Waals surface area contributed by atoms with Crippen molar-refractivity contribution in [3.63, 3.8) is 0 Å². The van der Waals surface area contributed by atoms with Crippen LogP contribution in [-0.2, 0) is 20.7 Å². The van der Waals surface area contributed by atoms with Crippen LogP contribution >= 0.6 is 0 Å². The van der Waals surface area contributed by atoms with Crippen LogP contribution in [-0.4, -0.2) is 36.4 Å². The molecule has 4 rings (SSSR count). The van der Waals surface area contributed by atoms with Crippen molar-refractivity contribution in [2.45, 2.75) is 79.9 Å². The zero-order valence-electron chi connectivity index (χ0n) is 24.9. The van der Waals surface area contributed by atoms with Gasteiger partial charge in [0.25, 0.3) is 0 Å². The highest BCUT2D eigenvalue weighted by Crippen LogP contribution is 2.46. The average molecular weight is 550 g/mol. The van der Waals surface area contributed by atoms with E-state index in [-0.39, 0.29) is 6.61 Å². The summed E-state index contributed by atoms with van der Waals surface area (Å²) < 4.78 is 39.0. The lowest BCUT2D eigenvalue weighted by molar-refractivity contribution is -0.166. The van der Waals surface area contributed by atoms with Crippen LogP contribution in [0.3, 0.4) is 0 Å². The fourth-order valence-corrected chi connectivity index (χ4v) is 5.42. The number of nitrogens with zero attached hydrogens (tertiary/aromatic N) is 1. The number of halogens is 1. The molecule has 0 bridgehead atoms. The van der Waals surface area contributed by atoms with Gasteiger partial charge < -0.3 is 18.9 Å². The normalized spacial score (nSPS) is 13.8. The second-order valence-electron chi connectivity index (χ2n) is 11.1. The van der Waals surface area contributed by atoms with Crippen molar-refractivity contribution in [3.8, 4) is 33.8 Å². The third-order valence-electron chi connectivity index (χ3n) is 7.00. The summed E-state index contributed by atoms with van der Waals surface area (Å²) in [4.78, 5) is 18.4. The summed E-state index contributed by atoms with van der Waals surface area (Å²) in [6.07, 6.45) is 0.449. The van der Waals surface area contributed by atoms with Gasteiger partial charge in [-0.3, -0.25) is 4.98 Å². The summed E-state index contributed by atoms with van der Waals surface area (Å²) in [6.45, 7) is 16.4. The predicted octanol–water partition coefficient (Wildman–Crippen LogP) is 7.62. The Bertz CT molecular complexity index is 1390. The maximum Gasteiger partial charge on any atom is 0.340 e. The van der Waals surface area contributed by atoms with Gasteiger partial charge in [0, 0.05) is 28.1 Å². The molecule has 1 aromatic heterocycles. The Labute approximate surface area is 236 Å². The maximum absolute atomic E-state index is 15.7. The summed E-state index contributed by atoms with van der Waals surface area (Å²) in [5.41, 5.74) is 6.10. The Morgan fingerprint density at radius 1 is 1.05 bits per heavy atom. The minimum absolute atomic E-state index is 0.200. The first kappa shape index (κ1) is 29.5. The number of carbonyl (C=O) groups is 1. The van der Waals surface area contributed by atoms with E-state index in [9.17, 15) is 4.79 Å². The first-order valence-corrected chi connectivity index (χ1v) is 14.0. The number of aromatic nitrogens is 1. The molecule has 6 nitrogen and oxygen atoms in total. The minimum atomic E-state index is -1.07. The van der Waals surface area contributed by atoms with E-state index in [1.807, 2.05) is 72.7 Å². The van der Waals surface area contributed by atoms with Gasteiger partial charge in [-0.15, -0.1) is 0 Å². The molecule has 0 amide bonds. The molecule has 1 atom stereocenters. The van der Waals surface area contributed by atoms with E-state index >= 15 is 4.39 Å². The van der Waals surface area contributed by atoms with Crippen molar-refractivity contribution in [2.75, 3.05) is 19.8 Å². The molecule has 0 fully saturated rings. The first-order chi connectivity index (χ1) is 19.0. The molecule has 7 heteroatoms. The topological polar surface area (TPSA) is 66.9 Å². The second kappa shape index (κ2) is 12.0. The standard InChI is InChI=1S/C33H40FNO5/c1-9-37-23-15-13-22(14-16-23)27-20(4)35-21(5)28(31(32(36)38-10-2)40-33(6,7)8)29(27)25-18-26(34)30-24(19(25)3)12-11-17-39-30/h13-16,18,31H,9-12,17H2,1-8H3/t31-/m0/s1. The van der Waals surface area contributed by atoms with Gasteiger partial charge in [0.1, 0.15) is 5.75 Å². The molecule has 0 spiro atoms. The van der Waals surface area contributed by atoms with Crippen LogP contribution in [0.15, 0.2) is 30.3 Å². The number of ether oxygens (including phenoxy) is 4. The van der Waals surface area contributed by atoms with Gasteiger partial charge in [0.2, 0.25) is 0 Å². The SMILES string of the molecule is CCOC(=O)[C@@H](OC(C)(C)C)c1c(C)nc(C)c(-c2ccc(OCC)cc2)c1-c1cc(F)c2c(c1C)CCCO2. The van der Waals surface area contributed by atoms with E-state index < -0.39 is 23.5 Å². The molecular formula is C33H40FNO5. The Morgan fingerprint density at radius 3 is 2.38 bits per heavy atom. The number of hydrogen-bond donors (Lipinski definition) is 0. The van der Waals surface area contributed by atoms with E-state index in [1.54, 1.807) is 6.92 Å². The molecule has 214 valence electrons. The van der Waals surface area contributed by atoms with E-state index in [0.717, 1.165) is 40.1 Å². The van der Waals surface area contributed by atoms with Gasteiger partial charge in [-0.05, 0) is 109 Å². The average Bonchev–Trinajstić information content (AvgIpc) is 2.90. The lowest BCUT2D eigenvalue weighted by Gasteiger charge is -2.31. The molecule has 2 heterocycles. The maximum atomic E-state index is 15.7. The van der Waals surface area contributed by atoms with Crippen LogP contribution in [0.4, 0.5) is 4.39 Å². The molecule has 0 saturated heterocycles. The largest absolute Gasteiger partial charge is 0.494 e. The monoisotopic (exact) mass is 549 g/mol. The van der Waals surface area contributed by atoms with E-state index in [4.69, 9.17) is 23.9 Å². The third kappa shape index (κ3) is 5.99. The van der Waals surface area contributed by atoms with Crippen molar-refractivity contribution in [1.29, 1.82) is 0 Å². The van der Waals surface area contributed by atoms with Crippen molar-refractivity contribution >= 4 is 5.97 Å². The van der Waals surface area contributed by atoms with Crippen molar-refractivity contribution in [3.05, 3.63) is 64.2 Å². The van der Waals surface area contributed by atoms with E-state index in [1.165, 1.54) is 6.07 Å². The van der Waals surface area contributed by atoms with Gasteiger partial charge in [0.05, 0.1) is 25.4 Å². The fraction of sp³-hybridized carbons (Fsp3) is 0.455. The quantitative estimate of drug-likeness (QED) is 0.269. The number of esters is 1. The molecule has 0 N–H and O–H groups in total. The number of benzene rings is 2. The zero-order chi connectivity index (χ0) is 29.2. The first-order valence-electron chi connectivity index (χ1n) is 14.0. The molecule has 1 aliphatic rings. The molecule has 1 aliphatic heterocycles. The molecule has 3 aromatic rings. The molecule has 2 aromatic carbocycles. The number of carbonyl (C=O) groups excluding carboxylic acids is 1. The Kier molecular flexibility index (Phi) is 8.83. The highest BCUT2D eigenvalue weighted by atomic mass is 19.1. The van der Waals surface area contributed by atoms with E-state index in [2.05, 4.69) is 0 Å². The summed E-state index contributed by atoms with van der Waals surface area (Å²) in [7, 11) is 0. The van der Waals surface area contributed by atoms with Gasteiger partial charge >= 0.3 is 5.97 Å². The van der Waals surface area contributed by atoms with Crippen molar-refractivity contribution in [2.24, 2.45) is 0 Å². The van der Waals surface area contributed by atoms with Crippen LogP contribution < -0.4 is 9.47 Å². The summed E-state index contributed by atoms with van der Waals surface area (Å²) in [6, 6.07) is 9.27. The Hall–Kier alpha value is -3.45. The van der Waals surface area contributed by atoms with Crippen LogP contribution in [0, 0.1) is 26.6 Å². The third-order valence-corrected chi connectivity index (χ3v) is 7.00. The fourth-order valence-electron chi connectivity index (χ4n) is 5.42. The number of rotatable bonds is 8. The Balaban J connectivity index is 2.11. The van der Waals surface area contributed by atoms with Gasteiger partial charge in [-0.2, -0.15) is 0 Å². The van der Waals surface area contributed by atoms with Gasteiger partial charge in [0.15, 0.2) is 17.7 Å². The summed E-state index contributed by atoms with van der Waals surface area (Å²) in [5.74, 6) is 0.131. The molecule has 0 unspecified atom stereocenters. The van der Waals surface area contributed by atoms with Crippen LogP contribution in [0.2, 0.25) is 0 Å². The highest BCUT2D eigenvalue weighted by molar-refractivity contribution is 5.93. The molecule has 0 aliphatic carbocycles. The van der Waals surface area contributed by atoms with E-state index in [0.29, 0.717) is 47.8 Å². The highest BCUT2D eigenvalue weighted by Gasteiger charge is 2.35. The lowest BCUT2D eigenvalue weighted by Crippen LogP contribution is -2.30. The summed E-state index contributed by atoms with van der Waals surface area (Å²) >= 11 is 0. The van der Waals surface area contributed by atoms with Crippen molar-refractivity contribution in [1.82, 2.24) is 4.98 Å². The number of pyridine rings is 1. The minimum Gasteiger partial charge on any atom is -0.494 e. The second-order valence-corrected chi connectivity index (χ2v) is 11.1. The van der Waals surface area contributed by atoms with Crippen LogP contribution in [0.25, 0.3) is 22.3 Å². The van der Waals surface area contributed by atoms with Gasteiger partial charge in [-0.25, -0.2) is 9.18 Å². The molecule has 0 radical (unpaired) electrons. The number of aryl methyl sites for hydroxylation is 2. The number of fused-ring (bicyclic) bond motifs is 1. The Morgan fingerprint density at radius 2 is 1.75 bits per heavy atom. The molecular weight excluding hydrogens is 509 g/mol. The smallest absolute Gasteiger partial charge is 0.340 e. The molecule has 40 heavy (non-hydrogen) atoms. The van der Waals surface area contributed by atoms with Gasteiger partial charge in [-0.1, -0.05) is 12.1 Å². The van der Waals surface area contributed by atoms with Crippen molar-refractivity contribution < 1.29 is 28.1 Å².